The molecule has 0 aromatic heterocycles. The molecule has 1 unspecified atom stereocenters. The van der Waals surface area contributed by atoms with Gasteiger partial charge in [-0.05, 0) is 91.9 Å². The molecule has 4 rings (SSSR count). The van der Waals surface area contributed by atoms with E-state index in [4.69, 9.17) is 14.2 Å². The van der Waals surface area contributed by atoms with Crippen LogP contribution < -0.4 is 19.1 Å². The van der Waals surface area contributed by atoms with Crippen LogP contribution in [0.1, 0.15) is 49.1 Å². The maximum absolute atomic E-state index is 13.5. The van der Waals surface area contributed by atoms with Crippen LogP contribution in [-0.2, 0) is 9.59 Å². The Morgan fingerprint density at radius 1 is 0.923 bits per heavy atom. The SMILES string of the molecule is CCOc1cc(C2/C(=C(\O)c3ccc(OCC(C)C)cc3)C(=O)C(=O)N2c2ccc(C)c(C)c2)ccc1OC. The molecule has 1 fully saturated rings. The van der Waals surface area contributed by atoms with E-state index >= 15 is 0 Å². The normalized spacial score (nSPS) is 16.6. The zero-order valence-electron chi connectivity index (χ0n) is 23.3. The molecule has 1 atom stereocenters. The van der Waals surface area contributed by atoms with E-state index < -0.39 is 17.7 Å². The van der Waals surface area contributed by atoms with Gasteiger partial charge in [0, 0.05) is 11.3 Å². The van der Waals surface area contributed by atoms with Gasteiger partial charge in [-0.15, -0.1) is 0 Å². The molecule has 0 radical (unpaired) electrons. The van der Waals surface area contributed by atoms with Gasteiger partial charge in [-0.1, -0.05) is 26.0 Å². The summed E-state index contributed by atoms with van der Waals surface area (Å²) >= 11 is 0. The summed E-state index contributed by atoms with van der Waals surface area (Å²) in [6.45, 7) is 10.9. The molecule has 1 aliphatic rings. The van der Waals surface area contributed by atoms with Crippen LogP contribution in [-0.4, -0.2) is 37.1 Å². The minimum atomic E-state index is -0.880. The predicted octanol–water partition coefficient (Wildman–Crippen LogP) is 6.37. The van der Waals surface area contributed by atoms with Gasteiger partial charge in [-0.2, -0.15) is 0 Å². The number of aryl methyl sites for hydroxylation is 2. The average Bonchev–Trinajstić information content (AvgIpc) is 3.19. The molecule has 7 heteroatoms. The number of hydrogen-bond donors (Lipinski definition) is 1. The smallest absolute Gasteiger partial charge is 0.300 e. The van der Waals surface area contributed by atoms with E-state index in [1.54, 1.807) is 49.6 Å². The van der Waals surface area contributed by atoms with Gasteiger partial charge in [-0.25, -0.2) is 0 Å². The third kappa shape index (κ3) is 5.62. The van der Waals surface area contributed by atoms with Gasteiger partial charge in [0.15, 0.2) is 11.5 Å². The van der Waals surface area contributed by atoms with Crippen molar-refractivity contribution in [3.8, 4) is 17.2 Å². The van der Waals surface area contributed by atoms with Crippen molar-refractivity contribution in [1.29, 1.82) is 0 Å². The number of benzene rings is 3. The van der Waals surface area contributed by atoms with E-state index in [-0.39, 0.29) is 11.3 Å². The number of ether oxygens (including phenoxy) is 3. The van der Waals surface area contributed by atoms with Crippen LogP contribution in [0, 0.1) is 19.8 Å². The lowest BCUT2D eigenvalue weighted by Crippen LogP contribution is -2.29. The zero-order chi connectivity index (χ0) is 28.3. The van der Waals surface area contributed by atoms with Gasteiger partial charge in [-0.3, -0.25) is 14.5 Å². The number of rotatable bonds is 9. The number of Topliss-reactive ketones (excluding diaryl/α,β-unsaturated/α-hetero) is 1. The van der Waals surface area contributed by atoms with Crippen LogP contribution in [0.25, 0.3) is 5.76 Å². The molecule has 0 saturated carbocycles. The molecular formula is C32H35NO6. The van der Waals surface area contributed by atoms with Crippen LogP contribution in [0.2, 0.25) is 0 Å². The highest BCUT2D eigenvalue weighted by atomic mass is 16.5. The molecular weight excluding hydrogens is 494 g/mol. The highest BCUT2D eigenvalue weighted by Gasteiger charge is 2.47. The number of carbonyl (C=O) groups excluding carboxylic acids is 2. The van der Waals surface area contributed by atoms with Gasteiger partial charge >= 0.3 is 0 Å². The molecule has 0 bridgehead atoms. The Hall–Kier alpha value is -4.26. The number of hydrogen-bond acceptors (Lipinski definition) is 6. The van der Waals surface area contributed by atoms with E-state index in [1.807, 2.05) is 39.0 Å². The Morgan fingerprint density at radius 2 is 1.64 bits per heavy atom. The molecule has 3 aromatic rings. The van der Waals surface area contributed by atoms with Gasteiger partial charge in [0.1, 0.15) is 11.5 Å². The monoisotopic (exact) mass is 529 g/mol. The summed E-state index contributed by atoms with van der Waals surface area (Å²) in [6, 6.07) is 16.8. The molecule has 7 nitrogen and oxygen atoms in total. The Kier molecular flexibility index (Phi) is 8.29. The lowest BCUT2D eigenvalue weighted by Gasteiger charge is -2.26. The molecule has 1 amide bonds. The molecule has 3 aromatic carbocycles. The summed E-state index contributed by atoms with van der Waals surface area (Å²) in [5, 5.41) is 11.5. The fourth-order valence-electron chi connectivity index (χ4n) is 4.55. The predicted molar refractivity (Wildman–Crippen MR) is 152 cm³/mol. The number of nitrogens with zero attached hydrogens (tertiary/aromatic N) is 1. The summed E-state index contributed by atoms with van der Waals surface area (Å²) in [7, 11) is 1.55. The minimum absolute atomic E-state index is 0.00157. The maximum Gasteiger partial charge on any atom is 0.300 e. The summed E-state index contributed by atoms with van der Waals surface area (Å²) < 4.78 is 17.0. The second-order valence-electron chi connectivity index (χ2n) is 10.0. The van der Waals surface area contributed by atoms with Crippen molar-refractivity contribution < 1.29 is 28.9 Å². The summed E-state index contributed by atoms with van der Waals surface area (Å²) in [6.07, 6.45) is 0. The number of methoxy groups -OCH3 is 1. The lowest BCUT2D eigenvalue weighted by molar-refractivity contribution is -0.132. The summed E-state index contributed by atoms with van der Waals surface area (Å²) in [5.74, 6) is 0.305. The molecule has 1 N–H and O–H groups in total. The third-order valence-electron chi connectivity index (χ3n) is 6.73. The lowest BCUT2D eigenvalue weighted by atomic mass is 9.94. The highest BCUT2D eigenvalue weighted by molar-refractivity contribution is 6.51. The number of ketones is 1. The fourth-order valence-corrected chi connectivity index (χ4v) is 4.55. The quantitative estimate of drug-likeness (QED) is 0.197. The number of amides is 1. The number of carbonyl (C=O) groups is 2. The van der Waals surface area contributed by atoms with Crippen LogP contribution in [0.5, 0.6) is 17.2 Å². The molecule has 204 valence electrons. The first-order valence-corrected chi connectivity index (χ1v) is 13.1. The second kappa shape index (κ2) is 11.6. The molecule has 0 spiro atoms. The van der Waals surface area contributed by atoms with Crippen molar-refractivity contribution >= 4 is 23.1 Å². The van der Waals surface area contributed by atoms with Gasteiger partial charge in [0.2, 0.25) is 0 Å². The Balaban J connectivity index is 1.88. The van der Waals surface area contributed by atoms with Crippen LogP contribution in [0.4, 0.5) is 5.69 Å². The minimum Gasteiger partial charge on any atom is -0.507 e. The van der Waals surface area contributed by atoms with Crippen molar-refractivity contribution in [3.05, 3.63) is 88.5 Å². The van der Waals surface area contributed by atoms with Crippen molar-refractivity contribution in [1.82, 2.24) is 0 Å². The van der Waals surface area contributed by atoms with Crippen LogP contribution in [0.15, 0.2) is 66.2 Å². The first kappa shape index (κ1) is 27.8. The molecule has 1 aliphatic heterocycles. The van der Waals surface area contributed by atoms with E-state index in [9.17, 15) is 14.7 Å². The molecule has 1 saturated heterocycles. The van der Waals surface area contributed by atoms with Crippen molar-refractivity contribution in [3.63, 3.8) is 0 Å². The van der Waals surface area contributed by atoms with Crippen molar-refractivity contribution in [2.45, 2.75) is 40.7 Å². The topological polar surface area (TPSA) is 85.3 Å². The maximum atomic E-state index is 13.5. The fraction of sp³-hybridized carbons (Fsp3) is 0.312. The number of anilines is 1. The third-order valence-corrected chi connectivity index (χ3v) is 6.73. The highest BCUT2D eigenvalue weighted by Crippen LogP contribution is 2.44. The average molecular weight is 530 g/mol. The largest absolute Gasteiger partial charge is 0.507 e. The van der Waals surface area contributed by atoms with Gasteiger partial charge in [0.25, 0.3) is 11.7 Å². The first-order chi connectivity index (χ1) is 18.7. The van der Waals surface area contributed by atoms with E-state index in [0.29, 0.717) is 53.2 Å². The van der Waals surface area contributed by atoms with E-state index in [1.165, 1.54) is 4.90 Å². The standard InChI is InChI=1S/C32H35NO6/c1-7-38-27-17-23(11-15-26(27)37-6)29-28(30(34)22-9-13-25(14-10-22)39-18-19(2)3)31(35)32(36)33(29)24-12-8-20(4)21(5)16-24/h8-17,19,29,34H,7,18H2,1-6H3/b30-28+. The molecule has 39 heavy (non-hydrogen) atoms. The van der Waals surface area contributed by atoms with E-state index in [2.05, 4.69) is 13.8 Å². The molecule has 1 heterocycles. The Labute approximate surface area is 229 Å². The number of aliphatic hydroxyl groups is 1. The van der Waals surface area contributed by atoms with Gasteiger partial charge < -0.3 is 19.3 Å². The van der Waals surface area contributed by atoms with Crippen LogP contribution in [0.3, 0.4) is 0 Å². The second-order valence-corrected chi connectivity index (χ2v) is 10.0. The Morgan fingerprint density at radius 3 is 2.26 bits per heavy atom. The number of aliphatic hydroxyl groups excluding tert-OH is 1. The zero-order valence-corrected chi connectivity index (χ0v) is 23.3. The Bertz CT molecular complexity index is 1410. The van der Waals surface area contributed by atoms with Crippen molar-refractivity contribution in [2.24, 2.45) is 5.92 Å². The summed E-state index contributed by atoms with van der Waals surface area (Å²) in [4.78, 5) is 28.5. The first-order valence-electron chi connectivity index (χ1n) is 13.1. The summed E-state index contributed by atoms with van der Waals surface area (Å²) in [5.41, 5.74) is 3.63. The molecule has 0 aliphatic carbocycles. The van der Waals surface area contributed by atoms with E-state index in [0.717, 1.165) is 11.1 Å². The van der Waals surface area contributed by atoms with Crippen molar-refractivity contribution in [2.75, 3.05) is 25.2 Å². The van der Waals surface area contributed by atoms with Gasteiger partial charge in [0.05, 0.1) is 31.9 Å². The van der Waals surface area contributed by atoms with Crippen LogP contribution >= 0.6 is 0 Å².